The Morgan fingerprint density at radius 3 is 2.94 bits per heavy atom. The molecule has 80 valence electrons. The van der Waals surface area contributed by atoms with E-state index in [1.807, 2.05) is 0 Å². The first-order valence-corrected chi connectivity index (χ1v) is 5.12. The highest BCUT2D eigenvalue weighted by Crippen LogP contribution is 2.22. The molecule has 0 radical (unpaired) electrons. The SMILES string of the molecule is O=C1CCc2cn(-c3cccc(F)c3)nc21. The van der Waals surface area contributed by atoms with Gasteiger partial charge in [-0.1, -0.05) is 6.07 Å². The number of rotatable bonds is 1. The van der Waals surface area contributed by atoms with Crippen LogP contribution in [0.1, 0.15) is 22.5 Å². The Kier molecular flexibility index (Phi) is 1.89. The number of carbonyl (C=O) groups is 1. The first-order valence-electron chi connectivity index (χ1n) is 5.12. The lowest BCUT2D eigenvalue weighted by atomic mass is 10.3. The van der Waals surface area contributed by atoms with Gasteiger partial charge in [0.15, 0.2) is 5.78 Å². The van der Waals surface area contributed by atoms with E-state index in [2.05, 4.69) is 5.10 Å². The number of aryl methyl sites for hydroxylation is 1. The molecule has 3 rings (SSSR count). The van der Waals surface area contributed by atoms with Crippen molar-refractivity contribution in [2.24, 2.45) is 0 Å². The van der Waals surface area contributed by atoms with Crippen LogP contribution in [0.5, 0.6) is 0 Å². The van der Waals surface area contributed by atoms with Crippen LogP contribution >= 0.6 is 0 Å². The van der Waals surface area contributed by atoms with Crippen LogP contribution in [-0.2, 0) is 6.42 Å². The molecule has 16 heavy (non-hydrogen) atoms. The van der Waals surface area contributed by atoms with Crippen LogP contribution in [0, 0.1) is 5.82 Å². The first-order chi connectivity index (χ1) is 7.74. The molecule has 0 unspecified atom stereocenters. The zero-order valence-electron chi connectivity index (χ0n) is 8.48. The summed E-state index contributed by atoms with van der Waals surface area (Å²) in [5.74, 6) is -0.232. The lowest BCUT2D eigenvalue weighted by molar-refractivity contribution is 0.0989. The van der Waals surface area contributed by atoms with Gasteiger partial charge in [0.1, 0.15) is 11.5 Å². The molecule has 1 aromatic carbocycles. The molecule has 1 aliphatic rings. The molecule has 1 heterocycles. The lowest BCUT2D eigenvalue weighted by Crippen LogP contribution is -2.00. The lowest BCUT2D eigenvalue weighted by Gasteiger charge is -2.00. The summed E-state index contributed by atoms with van der Waals surface area (Å²) in [5.41, 5.74) is 2.13. The van der Waals surface area contributed by atoms with Crippen molar-refractivity contribution in [3.05, 3.63) is 47.5 Å². The molecule has 0 spiro atoms. The molecule has 3 nitrogen and oxygen atoms in total. The number of hydrogen-bond donors (Lipinski definition) is 0. The number of benzene rings is 1. The molecule has 0 saturated heterocycles. The number of halogens is 1. The van der Waals surface area contributed by atoms with E-state index < -0.39 is 0 Å². The van der Waals surface area contributed by atoms with Crippen molar-refractivity contribution in [2.45, 2.75) is 12.8 Å². The van der Waals surface area contributed by atoms with E-state index in [0.717, 1.165) is 12.0 Å². The zero-order valence-corrected chi connectivity index (χ0v) is 8.48. The number of ketones is 1. The highest BCUT2D eigenvalue weighted by molar-refractivity contribution is 5.98. The number of hydrogen-bond acceptors (Lipinski definition) is 2. The molecule has 0 amide bonds. The van der Waals surface area contributed by atoms with Crippen LogP contribution in [0.3, 0.4) is 0 Å². The summed E-state index contributed by atoms with van der Waals surface area (Å²) in [7, 11) is 0. The van der Waals surface area contributed by atoms with Crippen LogP contribution in [0.25, 0.3) is 5.69 Å². The molecule has 0 N–H and O–H groups in total. The molecule has 1 aliphatic carbocycles. The van der Waals surface area contributed by atoms with Crippen molar-refractivity contribution in [2.75, 3.05) is 0 Å². The predicted octanol–water partition coefficient (Wildman–Crippen LogP) is 2.14. The normalized spacial score (nSPS) is 14.2. The van der Waals surface area contributed by atoms with E-state index in [-0.39, 0.29) is 11.6 Å². The first kappa shape index (κ1) is 9.27. The minimum Gasteiger partial charge on any atom is -0.292 e. The molecule has 4 heteroatoms. The average molecular weight is 216 g/mol. The van der Waals surface area contributed by atoms with Gasteiger partial charge in [-0.25, -0.2) is 9.07 Å². The van der Waals surface area contributed by atoms with Crippen molar-refractivity contribution in [3.8, 4) is 5.69 Å². The van der Waals surface area contributed by atoms with Crippen molar-refractivity contribution in [3.63, 3.8) is 0 Å². The summed E-state index contributed by atoms with van der Waals surface area (Å²) in [4.78, 5) is 11.4. The number of aromatic nitrogens is 2. The molecule has 0 fully saturated rings. The van der Waals surface area contributed by atoms with Gasteiger partial charge in [0, 0.05) is 18.2 Å². The third-order valence-corrected chi connectivity index (χ3v) is 2.75. The molecular weight excluding hydrogens is 207 g/mol. The van der Waals surface area contributed by atoms with Gasteiger partial charge < -0.3 is 0 Å². The summed E-state index contributed by atoms with van der Waals surface area (Å²) < 4.78 is 14.6. The average Bonchev–Trinajstić information content (AvgIpc) is 2.81. The highest BCUT2D eigenvalue weighted by atomic mass is 19.1. The molecular formula is C12H9FN2O. The van der Waals surface area contributed by atoms with Gasteiger partial charge in [-0.05, 0) is 24.6 Å². The number of carbonyl (C=O) groups excluding carboxylic acids is 1. The quantitative estimate of drug-likeness (QED) is 0.732. The fourth-order valence-electron chi connectivity index (χ4n) is 1.94. The largest absolute Gasteiger partial charge is 0.292 e. The highest BCUT2D eigenvalue weighted by Gasteiger charge is 2.23. The van der Waals surface area contributed by atoms with Gasteiger partial charge in [-0.2, -0.15) is 5.10 Å². The molecule has 0 aliphatic heterocycles. The Morgan fingerprint density at radius 2 is 2.19 bits per heavy atom. The molecule has 1 aromatic heterocycles. The smallest absolute Gasteiger partial charge is 0.183 e. The number of Topliss-reactive ketones (excluding diaryl/α,β-unsaturated/α-hetero) is 1. The predicted molar refractivity (Wildman–Crippen MR) is 56.2 cm³/mol. The van der Waals surface area contributed by atoms with Gasteiger partial charge in [0.25, 0.3) is 0 Å². The maximum atomic E-state index is 13.0. The molecule has 0 saturated carbocycles. The van der Waals surface area contributed by atoms with Crippen LogP contribution in [0.4, 0.5) is 4.39 Å². The van der Waals surface area contributed by atoms with Crippen molar-refractivity contribution in [1.82, 2.24) is 9.78 Å². The van der Waals surface area contributed by atoms with Gasteiger partial charge >= 0.3 is 0 Å². The fraction of sp³-hybridized carbons (Fsp3) is 0.167. The van der Waals surface area contributed by atoms with E-state index in [4.69, 9.17) is 0 Å². The maximum absolute atomic E-state index is 13.0. The molecule has 0 bridgehead atoms. The van der Waals surface area contributed by atoms with Crippen LogP contribution in [0.15, 0.2) is 30.5 Å². The van der Waals surface area contributed by atoms with E-state index in [9.17, 15) is 9.18 Å². The summed E-state index contributed by atoms with van der Waals surface area (Å²) in [6.45, 7) is 0. The van der Waals surface area contributed by atoms with E-state index in [0.29, 0.717) is 17.8 Å². The van der Waals surface area contributed by atoms with Gasteiger partial charge in [0.05, 0.1) is 5.69 Å². The van der Waals surface area contributed by atoms with Gasteiger partial charge in [-0.3, -0.25) is 4.79 Å². The van der Waals surface area contributed by atoms with Crippen LogP contribution in [0.2, 0.25) is 0 Å². The standard InChI is InChI=1S/C12H9FN2O/c13-9-2-1-3-10(6-9)15-7-8-4-5-11(16)12(8)14-15/h1-3,6-7H,4-5H2. The van der Waals surface area contributed by atoms with E-state index in [1.54, 1.807) is 23.0 Å². The zero-order chi connectivity index (χ0) is 11.1. The summed E-state index contributed by atoms with van der Waals surface area (Å²) in [6.07, 6.45) is 3.08. The minimum atomic E-state index is -0.306. The van der Waals surface area contributed by atoms with Crippen molar-refractivity contribution in [1.29, 1.82) is 0 Å². The van der Waals surface area contributed by atoms with Crippen molar-refractivity contribution < 1.29 is 9.18 Å². The van der Waals surface area contributed by atoms with Gasteiger partial charge in [-0.15, -0.1) is 0 Å². The molecule has 2 aromatic rings. The minimum absolute atomic E-state index is 0.0742. The van der Waals surface area contributed by atoms with E-state index >= 15 is 0 Å². The second-order valence-corrected chi connectivity index (χ2v) is 3.85. The Hall–Kier alpha value is -1.97. The third kappa shape index (κ3) is 1.34. The second kappa shape index (κ2) is 3.27. The Bertz CT molecular complexity index is 574. The van der Waals surface area contributed by atoms with E-state index in [1.165, 1.54) is 12.1 Å². The number of nitrogens with zero attached hydrogens (tertiary/aromatic N) is 2. The van der Waals surface area contributed by atoms with Crippen LogP contribution in [-0.4, -0.2) is 15.6 Å². The summed E-state index contributed by atoms with van der Waals surface area (Å²) >= 11 is 0. The van der Waals surface area contributed by atoms with Crippen LogP contribution < -0.4 is 0 Å². The monoisotopic (exact) mass is 216 g/mol. The molecule has 0 atom stereocenters. The fourth-order valence-corrected chi connectivity index (χ4v) is 1.94. The second-order valence-electron chi connectivity index (χ2n) is 3.85. The number of fused-ring (bicyclic) bond motifs is 1. The summed E-state index contributed by atoms with van der Waals surface area (Å²) in [6, 6.07) is 6.16. The summed E-state index contributed by atoms with van der Waals surface area (Å²) in [5, 5.41) is 4.18. The van der Waals surface area contributed by atoms with Crippen molar-refractivity contribution >= 4 is 5.78 Å². The Morgan fingerprint density at radius 1 is 1.31 bits per heavy atom. The van der Waals surface area contributed by atoms with Gasteiger partial charge in [0.2, 0.25) is 0 Å². The Labute approximate surface area is 91.5 Å². The third-order valence-electron chi connectivity index (χ3n) is 2.75. The topological polar surface area (TPSA) is 34.9 Å². The maximum Gasteiger partial charge on any atom is 0.183 e. The Balaban J connectivity index is 2.08.